The van der Waals surface area contributed by atoms with E-state index in [4.69, 9.17) is 4.74 Å². The number of aromatic nitrogens is 4. The largest absolute Gasteiger partial charge is 0.461 e. The minimum absolute atomic E-state index is 0.258. The number of thioether (sulfide) groups is 1. The summed E-state index contributed by atoms with van der Waals surface area (Å²) >= 11 is 5.56. The molecule has 0 fully saturated rings. The second-order valence-corrected chi connectivity index (χ2v) is 7.24. The first-order chi connectivity index (χ1) is 8.72. The lowest BCUT2D eigenvalue weighted by Crippen LogP contribution is -2.03. The Kier molecular flexibility index (Phi) is 4.92. The number of nitrogens with zero attached hydrogens (tertiary/aromatic N) is 4. The lowest BCUT2D eigenvalue weighted by atomic mass is 10.7. The van der Waals surface area contributed by atoms with E-state index in [1.54, 1.807) is 18.7 Å². The van der Waals surface area contributed by atoms with E-state index < -0.39 is 5.97 Å². The number of ether oxygens (including phenoxy) is 1. The highest BCUT2D eigenvalue weighted by Crippen LogP contribution is 2.34. The quantitative estimate of drug-likeness (QED) is 0.614. The van der Waals surface area contributed by atoms with Crippen LogP contribution in [-0.4, -0.2) is 39.2 Å². The van der Waals surface area contributed by atoms with E-state index in [1.807, 2.05) is 6.26 Å². The summed E-state index contributed by atoms with van der Waals surface area (Å²) in [6, 6.07) is 0. The summed E-state index contributed by atoms with van der Waals surface area (Å²) in [5.41, 5.74) is 0. The van der Waals surface area contributed by atoms with Crippen molar-refractivity contribution in [3.63, 3.8) is 0 Å². The summed E-state index contributed by atoms with van der Waals surface area (Å²) < 4.78 is 7.18. The van der Waals surface area contributed by atoms with Gasteiger partial charge < -0.3 is 4.74 Å². The van der Waals surface area contributed by atoms with Crippen LogP contribution in [0.15, 0.2) is 13.0 Å². The molecule has 0 amide bonds. The van der Waals surface area contributed by atoms with Crippen LogP contribution in [0.2, 0.25) is 0 Å². The van der Waals surface area contributed by atoms with Gasteiger partial charge in [-0.1, -0.05) is 34.4 Å². The number of carbonyl (C=O) groups excluding carboxylic acids is 1. The van der Waals surface area contributed by atoms with Crippen molar-refractivity contribution in [1.29, 1.82) is 0 Å². The molecule has 0 aliphatic rings. The number of hydrogen-bond donors (Lipinski definition) is 0. The predicted octanol–water partition coefficient (Wildman–Crippen LogP) is 2.44. The molecule has 0 N–H and O–H groups in total. The van der Waals surface area contributed by atoms with Crippen LogP contribution < -0.4 is 0 Å². The third-order valence-corrected chi connectivity index (χ3v) is 5.50. The molecule has 0 bridgehead atoms. The molecule has 0 atom stereocenters. The molecular formula is C8H8N4O2S4. The molecule has 0 spiro atoms. The number of hydrogen-bond acceptors (Lipinski definition) is 10. The molecule has 0 saturated heterocycles. The van der Waals surface area contributed by atoms with Crippen LogP contribution in [0.1, 0.15) is 16.7 Å². The van der Waals surface area contributed by atoms with Crippen LogP contribution in [0.4, 0.5) is 0 Å². The van der Waals surface area contributed by atoms with Crippen LogP contribution in [0, 0.1) is 0 Å². The van der Waals surface area contributed by atoms with E-state index in [9.17, 15) is 4.79 Å². The molecule has 0 radical (unpaired) electrons. The second kappa shape index (κ2) is 6.45. The number of carbonyl (C=O) groups is 1. The standard InChI is InChI=1S/C8H8N4O2S4/c1-3-14-5(13)4-9-11-7(16-4)18-8-12-10-6(15-2)17-8/h3H2,1-2H3. The normalized spacial score (nSPS) is 10.6. The predicted molar refractivity (Wildman–Crippen MR) is 71.7 cm³/mol. The van der Waals surface area contributed by atoms with Crippen molar-refractivity contribution < 1.29 is 9.53 Å². The lowest BCUT2D eigenvalue weighted by molar-refractivity contribution is 0.0525. The van der Waals surface area contributed by atoms with Gasteiger partial charge in [0.05, 0.1) is 6.61 Å². The van der Waals surface area contributed by atoms with Crippen LogP contribution in [0.5, 0.6) is 0 Å². The fourth-order valence-electron chi connectivity index (χ4n) is 0.922. The van der Waals surface area contributed by atoms with Gasteiger partial charge in [0.2, 0.25) is 5.01 Å². The summed E-state index contributed by atoms with van der Waals surface area (Å²) in [4.78, 5) is 11.4. The zero-order chi connectivity index (χ0) is 13.0. The summed E-state index contributed by atoms with van der Waals surface area (Å²) in [5, 5.41) is 15.9. The molecule has 2 aromatic heterocycles. The molecular weight excluding hydrogens is 312 g/mol. The second-order valence-electron chi connectivity index (χ2n) is 2.73. The van der Waals surface area contributed by atoms with Gasteiger partial charge in [-0.3, -0.25) is 0 Å². The topological polar surface area (TPSA) is 77.9 Å². The third-order valence-electron chi connectivity index (χ3n) is 1.59. The zero-order valence-electron chi connectivity index (χ0n) is 9.45. The Bertz CT molecular complexity index is 541. The van der Waals surface area contributed by atoms with Crippen LogP contribution in [0.3, 0.4) is 0 Å². The molecule has 0 saturated carbocycles. The maximum Gasteiger partial charge on any atom is 0.369 e. The Morgan fingerprint density at radius 2 is 1.83 bits per heavy atom. The minimum atomic E-state index is -0.441. The van der Waals surface area contributed by atoms with Gasteiger partial charge in [-0.05, 0) is 24.9 Å². The van der Waals surface area contributed by atoms with E-state index in [2.05, 4.69) is 20.4 Å². The van der Waals surface area contributed by atoms with Gasteiger partial charge in [0, 0.05) is 0 Å². The van der Waals surface area contributed by atoms with Gasteiger partial charge >= 0.3 is 5.97 Å². The Hall–Kier alpha value is -0.710. The van der Waals surface area contributed by atoms with Gasteiger partial charge in [0.1, 0.15) is 0 Å². The van der Waals surface area contributed by atoms with Gasteiger partial charge in [-0.25, -0.2) is 4.79 Å². The van der Waals surface area contributed by atoms with Gasteiger partial charge in [0.15, 0.2) is 13.0 Å². The third kappa shape index (κ3) is 3.40. The molecule has 2 aromatic rings. The van der Waals surface area contributed by atoms with Crippen molar-refractivity contribution in [3.8, 4) is 0 Å². The highest BCUT2D eigenvalue weighted by Gasteiger charge is 2.15. The molecule has 0 aliphatic carbocycles. The molecule has 96 valence electrons. The minimum Gasteiger partial charge on any atom is -0.461 e. The molecule has 2 rings (SSSR count). The molecule has 0 aromatic carbocycles. The van der Waals surface area contributed by atoms with Crippen LogP contribution in [-0.2, 0) is 4.74 Å². The van der Waals surface area contributed by atoms with E-state index in [0.717, 1.165) is 8.68 Å². The average Bonchev–Trinajstić information content (AvgIpc) is 2.99. The maximum absolute atomic E-state index is 11.4. The van der Waals surface area contributed by atoms with Gasteiger partial charge in [-0.15, -0.1) is 20.4 Å². The smallest absolute Gasteiger partial charge is 0.369 e. The van der Waals surface area contributed by atoms with Crippen molar-refractivity contribution in [2.45, 2.75) is 19.9 Å². The first-order valence-electron chi connectivity index (χ1n) is 4.79. The van der Waals surface area contributed by atoms with E-state index in [1.165, 1.54) is 34.4 Å². The van der Waals surface area contributed by atoms with Crippen molar-refractivity contribution >= 4 is 52.2 Å². The molecule has 18 heavy (non-hydrogen) atoms. The first-order valence-corrected chi connectivity index (χ1v) is 8.46. The zero-order valence-corrected chi connectivity index (χ0v) is 12.7. The van der Waals surface area contributed by atoms with E-state index >= 15 is 0 Å². The lowest BCUT2D eigenvalue weighted by Gasteiger charge is -1.94. The fraction of sp³-hybridized carbons (Fsp3) is 0.375. The highest BCUT2D eigenvalue weighted by atomic mass is 32.2. The number of rotatable bonds is 5. The molecule has 6 nitrogen and oxygen atoms in total. The highest BCUT2D eigenvalue weighted by molar-refractivity contribution is 8.04. The van der Waals surface area contributed by atoms with E-state index in [-0.39, 0.29) is 5.01 Å². The Labute approximate surface area is 120 Å². The molecule has 10 heteroatoms. The summed E-state index contributed by atoms with van der Waals surface area (Å²) in [6.07, 6.45) is 1.94. The van der Waals surface area contributed by atoms with Gasteiger partial charge in [-0.2, -0.15) is 0 Å². The van der Waals surface area contributed by atoms with Crippen LogP contribution in [0.25, 0.3) is 0 Å². The molecule has 0 aliphatic heterocycles. The van der Waals surface area contributed by atoms with Crippen molar-refractivity contribution in [3.05, 3.63) is 5.01 Å². The maximum atomic E-state index is 11.4. The first kappa shape index (κ1) is 13.7. The fourth-order valence-corrected chi connectivity index (χ4v) is 4.31. The Balaban J connectivity index is 2.04. The Morgan fingerprint density at radius 1 is 1.17 bits per heavy atom. The Morgan fingerprint density at radius 3 is 2.50 bits per heavy atom. The molecule has 0 unspecified atom stereocenters. The SMILES string of the molecule is CCOC(=O)c1nnc(Sc2nnc(SC)s2)s1. The number of esters is 1. The van der Waals surface area contributed by atoms with Crippen molar-refractivity contribution in [2.75, 3.05) is 12.9 Å². The summed E-state index contributed by atoms with van der Waals surface area (Å²) in [6.45, 7) is 2.08. The van der Waals surface area contributed by atoms with Crippen molar-refractivity contribution in [2.24, 2.45) is 0 Å². The molecule has 2 heterocycles. The van der Waals surface area contributed by atoms with Crippen LogP contribution >= 0.6 is 46.2 Å². The van der Waals surface area contributed by atoms with Crippen molar-refractivity contribution in [1.82, 2.24) is 20.4 Å². The summed E-state index contributed by atoms with van der Waals surface area (Å²) in [7, 11) is 0. The van der Waals surface area contributed by atoms with E-state index in [0.29, 0.717) is 10.9 Å². The monoisotopic (exact) mass is 320 g/mol. The van der Waals surface area contributed by atoms with Gasteiger partial charge in [0.25, 0.3) is 0 Å². The summed E-state index contributed by atoms with van der Waals surface area (Å²) in [5.74, 6) is -0.441. The average molecular weight is 320 g/mol.